The molecular formula is C19H15FN2O2. The minimum atomic E-state index is -0.543. The molecule has 1 aromatic heterocycles. The first-order valence-electron chi connectivity index (χ1n) is 7.40. The van der Waals surface area contributed by atoms with Gasteiger partial charge in [0.2, 0.25) is 0 Å². The van der Waals surface area contributed by atoms with Gasteiger partial charge in [-0.25, -0.2) is 4.39 Å². The van der Waals surface area contributed by atoms with Gasteiger partial charge in [-0.15, -0.1) is 0 Å². The molecule has 0 fully saturated rings. The Balaban J connectivity index is 1.84. The monoisotopic (exact) mass is 322 g/mol. The molecule has 0 aliphatic rings. The van der Waals surface area contributed by atoms with Gasteiger partial charge in [0, 0.05) is 11.4 Å². The first-order chi connectivity index (χ1) is 11.5. The Bertz CT molecular complexity index is 929. The summed E-state index contributed by atoms with van der Waals surface area (Å²) < 4.78 is 12.9. The highest BCUT2D eigenvalue weighted by atomic mass is 19.1. The number of hydrogen-bond acceptors (Lipinski definition) is 2. The highest BCUT2D eigenvalue weighted by molar-refractivity contribution is 6.04. The third kappa shape index (κ3) is 3.41. The molecule has 0 radical (unpaired) electrons. The van der Waals surface area contributed by atoms with Gasteiger partial charge in [0.05, 0.1) is 0 Å². The van der Waals surface area contributed by atoms with Crippen molar-refractivity contribution >= 4 is 11.6 Å². The number of aromatic amines is 1. The van der Waals surface area contributed by atoms with Gasteiger partial charge in [-0.3, -0.25) is 9.59 Å². The van der Waals surface area contributed by atoms with E-state index in [2.05, 4.69) is 10.3 Å². The summed E-state index contributed by atoms with van der Waals surface area (Å²) in [5, 5.41) is 2.57. The SMILES string of the molecule is Cc1ccc(-c2ccc(C(=O)Nc3ccc(F)cc3)c(=O)[nH]2)cc1. The van der Waals surface area contributed by atoms with Gasteiger partial charge >= 0.3 is 0 Å². The predicted molar refractivity (Wildman–Crippen MR) is 91.6 cm³/mol. The fourth-order valence-corrected chi connectivity index (χ4v) is 2.29. The largest absolute Gasteiger partial charge is 0.322 e. The third-order valence-electron chi connectivity index (χ3n) is 3.62. The number of benzene rings is 2. The van der Waals surface area contributed by atoms with Gasteiger partial charge in [0.15, 0.2) is 0 Å². The Hall–Kier alpha value is -3.21. The van der Waals surface area contributed by atoms with Crippen molar-refractivity contribution in [2.24, 2.45) is 0 Å². The van der Waals surface area contributed by atoms with E-state index in [1.807, 2.05) is 31.2 Å². The van der Waals surface area contributed by atoms with Crippen molar-refractivity contribution in [3.8, 4) is 11.3 Å². The zero-order valence-corrected chi connectivity index (χ0v) is 13.0. The first kappa shape index (κ1) is 15.7. The van der Waals surface area contributed by atoms with Crippen molar-refractivity contribution in [2.75, 3.05) is 5.32 Å². The zero-order valence-electron chi connectivity index (χ0n) is 13.0. The van der Waals surface area contributed by atoms with Crippen LogP contribution in [0.5, 0.6) is 0 Å². The van der Waals surface area contributed by atoms with E-state index in [9.17, 15) is 14.0 Å². The number of carbonyl (C=O) groups is 1. The molecule has 0 aliphatic carbocycles. The topological polar surface area (TPSA) is 62.0 Å². The molecule has 0 saturated heterocycles. The Morgan fingerprint density at radius 3 is 2.25 bits per heavy atom. The van der Waals surface area contributed by atoms with E-state index in [4.69, 9.17) is 0 Å². The average Bonchev–Trinajstić information content (AvgIpc) is 2.57. The van der Waals surface area contributed by atoms with Crippen molar-refractivity contribution in [3.05, 3.63) is 88.0 Å². The van der Waals surface area contributed by atoms with Crippen LogP contribution in [0.3, 0.4) is 0 Å². The molecule has 0 spiro atoms. The molecule has 5 heteroatoms. The third-order valence-corrected chi connectivity index (χ3v) is 3.62. The summed E-state index contributed by atoms with van der Waals surface area (Å²) >= 11 is 0. The Morgan fingerprint density at radius 1 is 0.958 bits per heavy atom. The van der Waals surface area contributed by atoms with Crippen LogP contribution in [-0.4, -0.2) is 10.9 Å². The van der Waals surface area contributed by atoms with Crippen LogP contribution in [-0.2, 0) is 0 Å². The quantitative estimate of drug-likeness (QED) is 0.771. The second-order valence-corrected chi connectivity index (χ2v) is 5.44. The summed E-state index contributed by atoms with van der Waals surface area (Å²) in [6.45, 7) is 1.98. The van der Waals surface area contributed by atoms with Crippen molar-refractivity contribution in [2.45, 2.75) is 6.92 Å². The molecular weight excluding hydrogens is 307 g/mol. The maximum atomic E-state index is 12.9. The van der Waals surface area contributed by atoms with Gasteiger partial charge in [0.1, 0.15) is 11.4 Å². The van der Waals surface area contributed by atoms with Crippen LogP contribution in [0.4, 0.5) is 10.1 Å². The number of nitrogens with one attached hydrogen (secondary N) is 2. The lowest BCUT2D eigenvalue weighted by atomic mass is 10.1. The molecule has 1 amide bonds. The van der Waals surface area contributed by atoms with E-state index >= 15 is 0 Å². The van der Waals surface area contributed by atoms with Crippen LogP contribution in [0.15, 0.2) is 65.5 Å². The van der Waals surface area contributed by atoms with Crippen LogP contribution < -0.4 is 10.9 Å². The van der Waals surface area contributed by atoms with Gasteiger partial charge in [0.25, 0.3) is 11.5 Å². The lowest BCUT2D eigenvalue weighted by molar-refractivity contribution is 0.102. The standard InChI is InChI=1S/C19H15FN2O2/c1-12-2-4-13(5-3-12)17-11-10-16(19(24)22-17)18(23)21-15-8-6-14(20)7-9-15/h2-11H,1H3,(H,21,23)(H,22,24). The number of rotatable bonds is 3. The fraction of sp³-hybridized carbons (Fsp3) is 0.0526. The highest BCUT2D eigenvalue weighted by Gasteiger charge is 2.12. The van der Waals surface area contributed by atoms with E-state index in [1.54, 1.807) is 6.07 Å². The van der Waals surface area contributed by atoms with E-state index in [1.165, 1.54) is 30.3 Å². The average molecular weight is 322 g/mol. The zero-order chi connectivity index (χ0) is 17.1. The molecule has 1 heterocycles. The second-order valence-electron chi connectivity index (χ2n) is 5.44. The summed E-state index contributed by atoms with van der Waals surface area (Å²) in [6.07, 6.45) is 0. The van der Waals surface area contributed by atoms with E-state index in [-0.39, 0.29) is 5.56 Å². The van der Waals surface area contributed by atoms with E-state index < -0.39 is 17.3 Å². The summed E-state index contributed by atoms with van der Waals surface area (Å²) in [5.41, 5.74) is 2.56. The maximum absolute atomic E-state index is 12.9. The molecule has 0 unspecified atom stereocenters. The summed E-state index contributed by atoms with van der Waals surface area (Å²) in [7, 11) is 0. The molecule has 120 valence electrons. The number of halogens is 1. The maximum Gasteiger partial charge on any atom is 0.261 e. The number of hydrogen-bond donors (Lipinski definition) is 2. The minimum absolute atomic E-state index is 0.00446. The first-order valence-corrected chi connectivity index (χ1v) is 7.40. The van der Waals surface area contributed by atoms with Crippen molar-refractivity contribution < 1.29 is 9.18 Å². The van der Waals surface area contributed by atoms with Gasteiger partial charge in [-0.05, 0) is 48.9 Å². The number of amides is 1. The predicted octanol–water partition coefficient (Wildman–Crippen LogP) is 3.74. The van der Waals surface area contributed by atoms with Gasteiger partial charge in [-0.2, -0.15) is 0 Å². The second kappa shape index (κ2) is 6.50. The Labute approximate surface area is 138 Å². The van der Waals surface area contributed by atoms with Crippen molar-refractivity contribution in [3.63, 3.8) is 0 Å². The Kier molecular flexibility index (Phi) is 4.24. The molecule has 2 aromatic carbocycles. The smallest absolute Gasteiger partial charge is 0.261 e. The molecule has 0 saturated carbocycles. The number of pyridine rings is 1. The molecule has 0 aliphatic heterocycles. The van der Waals surface area contributed by atoms with Crippen LogP contribution in [0.1, 0.15) is 15.9 Å². The van der Waals surface area contributed by atoms with E-state index in [0.717, 1.165) is 11.1 Å². The molecule has 0 atom stereocenters. The number of anilines is 1. The Morgan fingerprint density at radius 2 is 1.62 bits per heavy atom. The number of aromatic nitrogens is 1. The van der Waals surface area contributed by atoms with Gasteiger partial charge < -0.3 is 10.3 Å². The molecule has 2 N–H and O–H groups in total. The molecule has 0 bridgehead atoms. The molecule has 4 nitrogen and oxygen atoms in total. The number of aryl methyl sites for hydroxylation is 1. The van der Waals surface area contributed by atoms with Crippen LogP contribution in [0.25, 0.3) is 11.3 Å². The summed E-state index contributed by atoms with van der Waals surface area (Å²) in [6, 6.07) is 16.2. The van der Waals surface area contributed by atoms with Crippen LogP contribution in [0.2, 0.25) is 0 Å². The number of H-pyrrole nitrogens is 1. The normalized spacial score (nSPS) is 10.4. The molecule has 24 heavy (non-hydrogen) atoms. The van der Waals surface area contributed by atoms with Gasteiger partial charge in [-0.1, -0.05) is 29.8 Å². The summed E-state index contributed by atoms with van der Waals surface area (Å²) in [4.78, 5) is 27.1. The number of carbonyl (C=O) groups excluding carboxylic acids is 1. The fourth-order valence-electron chi connectivity index (χ4n) is 2.29. The highest BCUT2D eigenvalue weighted by Crippen LogP contribution is 2.16. The lowest BCUT2D eigenvalue weighted by Crippen LogP contribution is -2.23. The van der Waals surface area contributed by atoms with Crippen molar-refractivity contribution in [1.82, 2.24) is 4.98 Å². The van der Waals surface area contributed by atoms with Crippen LogP contribution >= 0.6 is 0 Å². The minimum Gasteiger partial charge on any atom is -0.322 e. The van der Waals surface area contributed by atoms with Crippen LogP contribution in [0, 0.1) is 12.7 Å². The lowest BCUT2D eigenvalue weighted by Gasteiger charge is -2.06. The summed E-state index contributed by atoms with van der Waals surface area (Å²) in [5.74, 6) is -0.938. The molecule has 3 aromatic rings. The van der Waals surface area contributed by atoms with Crippen molar-refractivity contribution in [1.29, 1.82) is 0 Å². The van der Waals surface area contributed by atoms with E-state index in [0.29, 0.717) is 11.4 Å². The molecule has 3 rings (SSSR count).